The summed E-state index contributed by atoms with van der Waals surface area (Å²) >= 11 is 0. The second kappa shape index (κ2) is 15.6. The van der Waals surface area contributed by atoms with Crippen molar-refractivity contribution in [1.82, 2.24) is 26.4 Å². The Balaban J connectivity index is 1.82. The minimum absolute atomic E-state index is 0.0843. The number of aryl methyl sites for hydroxylation is 1. The largest absolute Gasteiger partial charge is 0.463 e. The number of amides is 4. The van der Waals surface area contributed by atoms with Crippen LogP contribution in [0.4, 0.5) is 4.39 Å². The molecule has 1 fully saturated rings. The molecule has 1 aliphatic heterocycles. The van der Waals surface area contributed by atoms with Crippen molar-refractivity contribution in [3.05, 3.63) is 65.3 Å². The van der Waals surface area contributed by atoms with E-state index >= 15 is 0 Å². The minimum Gasteiger partial charge on any atom is -0.463 e. The van der Waals surface area contributed by atoms with Gasteiger partial charge in [-0.3, -0.25) is 19.2 Å². The Morgan fingerprint density at radius 2 is 1.91 bits per heavy atom. The van der Waals surface area contributed by atoms with E-state index in [4.69, 9.17) is 9.26 Å². The van der Waals surface area contributed by atoms with Gasteiger partial charge in [0.05, 0.1) is 12.7 Å². The molecule has 5 N–H and O–H groups in total. The second-order valence-electron chi connectivity index (χ2n) is 10.1. The first-order valence-electron chi connectivity index (χ1n) is 13.9. The number of carbonyl (C=O) groups excluding carboxylic acids is 5. The highest BCUT2D eigenvalue weighted by atomic mass is 19.1. The van der Waals surface area contributed by atoms with E-state index in [9.17, 15) is 33.5 Å². The summed E-state index contributed by atoms with van der Waals surface area (Å²) in [7, 11) is 0. The summed E-state index contributed by atoms with van der Waals surface area (Å²) in [4.78, 5) is 63.7. The first-order chi connectivity index (χ1) is 20.5. The topological polar surface area (TPSA) is 189 Å². The van der Waals surface area contributed by atoms with E-state index in [0.717, 1.165) is 6.08 Å². The number of ether oxygens (including phenoxy) is 1. The molecule has 1 saturated heterocycles. The summed E-state index contributed by atoms with van der Waals surface area (Å²) < 4.78 is 23.3. The fourth-order valence-corrected chi connectivity index (χ4v) is 4.45. The van der Waals surface area contributed by atoms with E-state index in [2.05, 4.69) is 26.4 Å². The molecule has 0 spiro atoms. The lowest BCUT2D eigenvalue weighted by Crippen LogP contribution is -2.58. The van der Waals surface area contributed by atoms with Crippen molar-refractivity contribution in [3.8, 4) is 0 Å². The van der Waals surface area contributed by atoms with Gasteiger partial charge in [-0.05, 0) is 51.3 Å². The number of aliphatic hydroxyl groups excluding tert-OH is 1. The standard InChI is InChI=1S/C29H36FN5O8/c1-4-42-24(37)10-9-21(15-19-11-12-31-26(19)38)32-27(39)22(14-18-5-7-20(30)8-6-18)33-29(41)25(17(3)36)34-28(40)23-13-16(2)43-35-23/h5-10,13,17,19,21-22,25,36H,4,11-12,14-15H2,1-3H3,(H,31,38)(H,32,39)(H,33,41)(H,34,40)/b10-9+/t17?,19?,21-,22+,25+/m1/s1. The van der Waals surface area contributed by atoms with Gasteiger partial charge in [0.2, 0.25) is 17.7 Å². The third-order valence-corrected chi connectivity index (χ3v) is 6.68. The van der Waals surface area contributed by atoms with Crippen LogP contribution in [0.15, 0.2) is 47.0 Å². The van der Waals surface area contributed by atoms with Gasteiger partial charge in [0, 0.05) is 37.1 Å². The number of rotatable bonds is 14. The zero-order valence-corrected chi connectivity index (χ0v) is 24.1. The highest BCUT2D eigenvalue weighted by molar-refractivity contribution is 5.97. The van der Waals surface area contributed by atoms with Crippen LogP contribution in [0.5, 0.6) is 0 Å². The Hall–Kier alpha value is -4.59. The summed E-state index contributed by atoms with van der Waals surface area (Å²) in [5.74, 6) is -3.70. The quantitative estimate of drug-likeness (QED) is 0.151. The van der Waals surface area contributed by atoms with Crippen molar-refractivity contribution in [2.75, 3.05) is 13.2 Å². The van der Waals surface area contributed by atoms with Crippen molar-refractivity contribution >= 4 is 29.6 Å². The van der Waals surface area contributed by atoms with E-state index in [1.807, 2.05) is 0 Å². The van der Waals surface area contributed by atoms with Gasteiger partial charge in [0.15, 0.2) is 5.69 Å². The molecule has 4 amide bonds. The van der Waals surface area contributed by atoms with Gasteiger partial charge in [-0.15, -0.1) is 0 Å². The predicted octanol–water partition coefficient (Wildman–Crippen LogP) is 0.459. The number of hydrogen-bond acceptors (Lipinski definition) is 9. The van der Waals surface area contributed by atoms with Crippen LogP contribution in [0.1, 0.15) is 48.5 Å². The average Bonchev–Trinajstić information content (AvgIpc) is 3.58. The lowest BCUT2D eigenvalue weighted by Gasteiger charge is -2.26. The molecule has 0 saturated carbocycles. The number of carbonyl (C=O) groups is 5. The predicted molar refractivity (Wildman–Crippen MR) is 150 cm³/mol. The smallest absolute Gasteiger partial charge is 0.330 e. The van der Waals surface area contributed by atoms with Crippen LogP contribution in [0.25, 0.3) is 0 Å². The lowest BCUT2D eigenvalue weighted by molar-refractivity contribution is -0.137. The van der Waals surface area contributed by atoms with Crippen LogP contribution >= 0.6 is 0 Å². The number of aliphatic hydroxyl groups is 1. The van der Waals surface area contributed by atoms with Crippen LogP contribution < -0.4 is 21.3 Å². The average molecular weight is 602 g/mol. The van der Waals surface area contributed by atoms with E-state index in [1.54, 1.807) is 13.8 Å². The van der Waals surface area contributed by atoms with Crippen molar-refractivity contribution < 1.29 is 42.7 Å². The Bertz CT molecular complexity index is 1330. The van der Waals surface area contributed by atoms with Crippen molar-refractivity contribution in [1.29, 1.82) is 0 Å². The third kappa shape index (κ3) is 10.0. The molecule has 0 radical (unpaired) electrons. The fraction of sp³-hybridized carbons (Fsp3) is 0.448. The molecule has 1 aromatic carbocycles. The van der Waals surface area contributed by atoms with Crippen molar-refractivity contribution in [2.45, 2.75) is 64.3 Å². The maximum atomic E-state index is 13.6. The molecule has 2 unspecified atom stereocenters. The first kappa shape index (κ1) is 32.9. The number of hydrogen-bond donors (Lipinski definition) is 5. The minimum atomic E-state index is -1.48. The lowest BCUT2D eigenvalue weighted by atomic mass is 9.97. The number of benzene rings is 1. The van der Waals surface area contributed by atoms with E-state index in [0.29, 0.717) is 24.3 Å². The molecule has 2 heterocycles. The highest BCUT2D eigenvalue weighted by Gasteiger charge is 2.33. The molecule has 3 rings (SSSR count). The molecule has 1 aromatic heterocycles. The number of nitrogens with one attached hydrogen (secondary N) is 4. The Labute approximate surface area is 247 Å². The molecule has 5 atom stereocenters. The maximum Gasteiger partial charge on any atom is 0.330 e. The third-order valence-electron chi connectivity index (χ3n) is 6.68. The summed E-state index contributed by atoms with van der Waals surface area (Å²) in [5, 5.41) is 24.3. The molecule has 14 heteroatoms. The van der Waals surface area contributed by atoms with E-state index < -0.39 is 59.7 Å². The van der Waals surface area contributed by atoms with Gasteiger partial charge in [-0.1, -0.05) is 23.4 Å². The number of halogens is 1. The van der Waals surface area contributed by atoms with Crippen molar-refractivity contribution in [2.24, 2.45) is 5.92 Å². The number of aromatic nitrogens is 1. The first-order valence-corrected chi connectivity index (χ1v) is 13.9. The summed E-state index contributed by atoms with van der Waals surface area (Å²) in [6, 6.07) is 3.12. The molecule has 0 aliphatic carbocycles. The molecular formula is C29H36FN5O8. The zero-order chi connectivity index (χ0) is 31.5. The van der Waals surface area contributed by atoms with Gasteiger partial charge >= 0.3 is 5.97 Å². The summed E-state index contributed by atoms with van der Waals surface area (Å²) in [6.07, 6.45) is 1.83. The van der Waals surface area contributed by atoms with Gasteiger partial charge in [0.25, 0.3) is 5.91 Å². The van der Waals surface area contributed by atoms with Gasteiger partial charge < -0.3 is 35.6 Å². The van der Waals surface area contributed by atoms with Gasteiger partial charge in [-0.25, -0.2) is 9.18 Å². The molecule has 43 heavy (non-hydrogen) atoms. The van der Waals surface area contributed by atoms with Crippen LogP contribution in [0, 0.1) is 18.7 Å². The maximum absolute atomic E-state index is 13.6. The number of nitrogens with zero attached hydrogens (tertiary/aromatic N) is 1. The SMILES string of the molecule is CCOC(=O)/C=C/[C@H](CC1CCNC1=O)NC(=O)[C@H](Cc1ccc(F)cc1)NC(=O)[C@@H](NC(=O)c1cc(C)on1)C(C)O. The van der Waals surface area contributed by atoms with Crippen LogP contribution in [0.2, 0.25) is 0 Å². The molecule has 0 bridgehead atoms. The van der Waals surface area contributed by atoms with E-state index in [1.165, 1.54) is 43.3 Å². The monoisotopic (exact) mass is 601 g/mol. The molecule has 13 nitrogen and oxygen atoms in total. The Kier molecular flexibility index (Phi) is 11.9. The molecule has 232 valence electrons. The van der Waals surface area contributed by atoms with E-state index in [-0.39, 0.29) is 31.0 Å². The normalized spacial score (nSPS) is 17.4. The molecule has 2 aromatic rings. The van der Waals surface area contributed by atoms with Gasteiger partial charge in [0.1, 0.15) is 23.7 Å². The van der Waals surface area contributed by atoms with Crippen LogP contribution in [-0.2, 0) is 30.3 Å². The fourth-order valence-electron chi connectivity index (χ4n) is 4.45. The molecule has 1 aliphatic rings. The zero-order valence-electron chi connectivity index (χ0n) is 24.1. The summed E-state index contributed by atoms with van der Waals surface area (Å²) in [5.41, 5.74) is 0.398. The van der Waals surface area contributed by atoms with Crippen LogP contribution in [-0.4, -0.2) is 77.2 Å². The van der Waals surface area contributed by atoms with Gasteiger partial charge in [-0.2, -0.15) is 0 Å². The Morgan fingerprint density at radius 3 is 2.49 bits per heavy atom. The van der Waals surface area contributed by atoms with Crippen molar-refractivity contribution in [3.63, 3.8) is 0 Å². The second-order valence-corrected chi connectivity index (χ2v) is 10.1. The van der Waals surface area contributed by atoms with Crippen LogP contribution in [0.3, 0.4) is 0 Å². The summed E-state index contributed by atoms with van der Waals surface area (Å²) in [6.45, 7) is 5.14. The molecular weight excluding hydrogens is 565 g/mol. The number of esters is 1. The highest BCUT2D eigenvalue weighted by Crippen LogP contribution is 2.17. The Morgan fingerprint density at radius 1 is 1.19 bits per heavy atom.